The molecule has 6 nitrogen and oxygen atoms in total. The third-order valence-corrected chi connectivity index (χ3v) is 7.11. The lowest BCUT2D eigenvalue weighted by Crippen LogP contribution is -2.49. The molecule has 164 valence electrons. The minimum Gasteiger partial charge on any atom is -0.475 e. The van der Waals surface area contributed by atoms with Crippen LogP contribution in [-0.2, 0) is 16.8 Å². The summed E-state index contributed by atoms with van der Waals surface area (Å²) < 4.78 is 34.1. The Hall–Kier alpha value is -1.29. The van der Waals surface area contributed by atoms with Gasteiger partial charge in [-0.1, -0.05) is 11.8 Å². The van der Waals surface area contributed by atoms with Gasteiger partial charge in [-0.3, -0.25) is 0 Å². The molecule has 1 aromatic heterocycles. The van der Waals surface area contributed by atoms with Crippen LogP contribution in [0.5, 0.6) is 0 Å². The zero-order valence-electron chi connectivity index (χ0n) is 16.5. The molecule has 0 aliphatic heterocycles. The van der Waals surface area contributed by atoms with Gasteiger partial charge in [0.05, 0.1) is 0 Å². The average molecular weight is 436 g/mol. The zero-order chi connectivity index (χ0) is 21.2. The molecule has 0 amide bonds. The van der Waals surface area contributed by atoms with Gasteiger partial charge in [-0.25, -0.2) is 4.79 Å². The van der Waals surface area contributed by atoms with Crippen molar-refractivity contribution in [1.82, 2.24) is 14.8 Å². The second-order valence-corrected chi connectivity index (χ2v) is 9.37. The van der Waals surface area contributed by atoms with E-state index < -0.39 is 12.1 Å². The van der Waals surface area contributed by atoms with Crippen LogP contribution in [0.15, 0.2) is 5.16 Å². The lowest BCUT2D eigenvalue weighted by atomic mass is 9.49. The number of aliphatic carboxylic acids is 1. The topological polar surface area (TPSA) is 88.2 Å². The molecule has 10 heteroatoms. The molecule has 0 aromatic carbocycles. The highest BCUT2D eigenvalue weighted by Crippen LogP contribution is 2.60. The molecule has 1 aromatic rings. The molecule has 1 heterocycles. The number of carboxylic acid groups (broad SMARTS) is 1. The Balaban J connectivity index is 0.000000298. The van der Waals surface area contributed by atoms with Gasteiger partial charge in [0.15, 0.2) is 5.16 Å². The predicted molar refractivity (Wildman–Crippen MR) is 102 cm³/mol. The summed E-state index contributed by atoms with van der Waals surface area (Å²) in [4.78, 5) is 8.90. The number of halogens is 3. The Bertz CT molecular complexity index is 688. The first kappa shape index (κ1) is 22.4. The maximum absolute atomic E-state index is 10.6. The van der Waals surface area contributed by atoms with Crippen molar-refractivity contribution in [1.29, 1.82) is 0 Å². The van der Waals surface area contributed by atoms with Crippen molar-refractivity contribution in [2.45, 2.75) is 74.7 Å². The van der Waals surface area contributed by atoms with E-state index in [9.17, 15) is 13.2 Å². The van der Waals surface area contributed by atoms with Gasteiger partial charge in [-0.05, 0) is 75.4 Å². The number of thioether (sulfide) groups is 1. The van der Waals surface area contributed by atoms with Crippen LogP contribution in [0.1, 0.15) is 57.2 Å². The van der Waals surface area contributed by atoms with Crippen LogP contribution >= 0.6 is 11.8 Å². The lowest BCUT2D eigenvalue weighted by Gasteiger charge is -2.56. The number of rotatable bonds is 6. The van der Waals surface area contributed by atoms with Gasteiger partial charge in [-0.2, -0.15) is 13.2 Å². The van der Waals surface area contributed by atoms with E-state index in [1.54, 1.807) is 11.8 Å². The number of nitrogens with zero attached hydrogens (tertiary/aromatic N) is 3. The molecule has 4 aliphatic carbocycles. The monoisotopic (exact) mass is 435 g/mol. The number of aromatic nitrogens is 3. The molecule has 5 rings (SSSR count). The fourth-order valence-electron chi connectivity index (χ4n) is 5.80. The molecule has 4 saturated carbocycles. The van der Waals surface area contributed by atoms with Crippen molar-refractivity contribution in [2.24, 2.45) is 17.8 Å². The van der Waals surface area contributed by atoms with Crippen molar-refractivity contribution >= 4 is 17.7 Å². The van der Waals surface area contributed by atoms with Gasteiger partial charge in [0.1, 0.15) is 5.82 Å². The highest BCUT2D eigenvalue weighted by atomic mass is 32.2. The first-order chi connectivity index (χ1) is 13.7. The van der Waals surface area contributed by atoms with Crippen LogP contribution in [0, 0.1) is 17.8 Å². The minimum absolute atomic E-state index is 0.281. The third kappa shape index (κ3) is 4.90. The molecule has 4 fully saturated rings. The Labute approximate surface area is 172 Å². The smallest absolute Gasteiger partial charge is 0.475 e. The Kier molecular flexibility index (Phi) is 6.82. The summed E-state index contributed by atoms with van der Waals surface area (Å²) in [7, 11) is 0. The zero-order valence-corrected chi connectivity index (χ0v) is 17.3. The molecule has 29 heavy (non-hydrogen) atoms. The summed E-state index contributed by atoms with van der Waals surface area (Å²) in [6.45, 7) is 1.24. The summed E-state index contributed by atoms with van der Waals surface area (Å²) in [5, 5.41) is 26.4. The SMILES string of the molecule is CSc1nnc(C23CC4CC(CC(C4)C2)C3)n1CCCCO.O=C(O)C(F)(F)F. The van der Waals surface area contributed by atoms with Crippen LogP contribution in [0.25, 0.3) is 0 Å². The highest BCUT2D eigenvalue weighted by molar-refractivity contribution is 7.98. The second kappa shape index (κ2) is 8.83. The maximum atomic E-state index is 10.6. The van der Waals surface area contributed by atoms with E-state index in [1.807, 2.05) is 0 Å². The molecule has 0 atom stereocenters. The molecule has 0 saturated heterocycles. The number of carbonyl (C=O) groups is 1. The lowest BCUT2D eigenvalue weighted by molar-refractivity contribution is -0.192. The molecule has 4 bridgehead atoms. The largest absolute Gasteiger partial charge is 0.490 e. The van der Waals surface area contributed by atoms with Crippen LogP contribution in [-0.4, -0.2) is 50.0 Å². The number of unbranched alkanes of at least 4 members (excludes halogenated alkanes) is 1. The van der Waals surface area contributed by atoms with Gasteiger partial charge >= 0.3 is 12.1 Å². The van der Waals surface area contributed by atoms with Crippen LogP contribution < -0.4 is 0 Å². The first-order valence-electron chi connectivity index (χ1n) is 10.1. The fourth-order valence-corrected chi connectivity index (χ4v) is 6.32. The molecular weight excluding hydrogens is 407 g/mol. The average Bonchev–Trinajstić information content (AvgIpc) is 3.04. The Morgan fingerprint density at radius 1 is 1.14 bits per heavy atom. The molecule has 0 radical (unpaired) electrons. The Morgan fingerprint density at radius 2 is 1.66 bits per heavy atom. The molecule has 0 spiro atoms. The highest BCUT2D eigenvalue weighted by Gasteiger charge is 2.53. The summed E-state index contributed by atoms with van der Waals surface area (Å²) in [6, 6.07) is 0. The number of aliphatic hydroxyl groups excluding tert-OH is 1. The van der Waals surface area contributed by atoms with E-state index in [2.05, 4.69) is 21.0 Å². The number of hydrogen-bond acceptors (Lipinski definition) is 5. The van der Waals surface area contributed by atoms with Gasteiger partial charge in [0, 0.05) is 18.6 Å². The second-order valence-electron chi connectivity index (χ2n) is 8.59. The van der Waals surface area contributed by atoms with Crippen molar-refractivity contribution in [3.63, 3.8) is 0 Å². The third-order valence-electron chi connectivity index (χ3n) is 6.44. The predicted octanol–water partition coefficient (Wildman–Crippen LogP) is 3.87. The number of alkyl halides is 3. The maximum Gasteiger partial charge on any atom is 0.490 e. The minimum atomic E-state index is -5.08. The van der Waals surface area contributed by atoms with Crippen molar-refractivity contribution in [3.8, 4) is 0 Å². The van der Waals surface area contributed by atoms with E-state index in [-0.39, 0.29) is 6.61 Å². The summed E-state index contributed by atoms with van der Waals surface area (Å²) in [5.41, 5.74) is 0.314. The first-order valence-corrected chi connectivity index (χ1v) is 11.3. The van der Waals surface area contributed by atoms with E-state index in [4.69, 9.17) is 15.0 Å². The summed E-state index contributed by atoms with van der Waals surface area (Å²) in [6.07, 6.45) is 7.31. The van der Waals surface area contributed by atoms with E-state index in [1.165, 1.54) is 44.3 Å². The standard InChI is InChI=1S/C17H27N3OS.C2HF3O2/c1-22-16-19-18-15(20(16)4-2-3-5-21)17-9-12-6-13(10-17)8-14(7-12)11-17;3-2(4,5)1(6)7/h12-14,21H,2-11H2,1H3;(H,6,7). The van der Waals surface area contributed by atoms with Gasteiger partial charge in [-0.15, -0.1) is 10.2 Å². The van der Waals surface area contributed by atoms with Crippen molar-refractivity contribution in [2.75, 3.05) is 12.9 Å². The van der Waals surface area contributed by atoms with E-state index in [0.29, 0.717) is 5.41 Å². The molecule has 4 aliphatic rings. The number of carboxylic acids is 1. The van der Waals surface area contributed by atoms with Gasteiger partial charge in [0.2, 0.25) is 0 Å². The van der Waals surface area contributed by atoms with Gasteiger partial charge in [0.25, 0.3) is 0 Å². The summed E-state index contributed by atoms with van der Waals surface area (Å²) in [5.74, 6) is 1.33. The van der Waals surface area contributed by atoms with Crippen molar-refractivity contribution < 1.29 is 28.2 Å². The van der Waals surface area contributed by atoms with Crippen molar-refractivity contribution in [3.05, 3.63) is 5.82 Å². The Morgan fingerprint density at radius 3 is 2.07 bits per heavy atom. The molecule has 0 unspecified atom stereocenters. The summed E-state index contributed by atoms with van der Waals surface area (Å²) >= 11 is 1.71. The molecular formula is C19H28F3N3O3S. The van der Waals surface area contributed by atoms with Crippen LogP contribution in [0.4, 0.5) is 13.2 Å². The van der Waals surface area contributed by atoms with Gasteiger partial charge < -0.3 is 14.8 Å². The number of hydrogen-bond donors (Lipinski definition) is 2. The molecule has 2 N–H and O–H groups in total. The van der Waals surface area contributed by atoms with Crippen LogP contribution in [0.3, 0.4) is 0 Å². The fraction of sp³-hybridized carbons (Fsp3) is 0.842. The van der Waals surface area contributed by atoms with Crippen LogP contribution in [0.2, 0.25) is 0 Å². The normalized spacial score (nSPS) is 30.2. The number of aliphatic hydroxyl groups is 1. The van der Waals surface area contributed by atoms with E-state index in [0.717, 1.165) is 42.3 Å². The van der Waals surface area contributed by atoms with E-state index >= 15 is 0 Å². The quantitative estimate of drug-likeness (QED) is 0.521.